The van der Waals surface area contributed by atoms with E-state index in [1.54, 1.807) is 30.5 Å². The highest BCUT2D eigenvalue weighted by atomic mass is 35.5. The van der Waals surface area contributed by atoms with E-state index in [9.17, 15) is 4.79 Å². The summed E-state index contributed by atoms with van der Waals surface area (Å²) < 4.78 is 16.5. The van der Waals surface area contributed by atoms with Crippen LogP contribution in [0.3, 0.4) is 0 Å². The van der Waals surface area contributed by atoms with Gasteiger partial charge in [0.2, 0.25) is 0 Å². The fraction of sp³-hybridized carbons (Fsp3) is 0.323. The predicted octanol–water partition coefficient (Wildman–Crippen LogP) is 4.54. The van der Waals surface area contributed by atoms with Crippen molar-refractivity contribution in [1.29, 1.82) is 0 Å². The topological polar surface area (TPSA) is 153 Å². The van der Waals surface area contributed by atoms with Crippen molar-refractivity contribution in [2.45, 2.75) is 57.7 Å². The SMILES string of the molecule is C=CC[C@@H](CCNCc1ccc(-n2cc3cc(-c4cc(CCC[C@H](C)N)cc(Cl)c4F)[nH]c3nc2=O)cc1)N=C(N)N. The maximum Gasteiger partial charge on any atom is 0.354 e. The Hall–Kier alpha value is -3.99. The summed E-state index contributed by atoms with van der Waals surface area (Å²) in [6, 6.07) is 12.9. The Morgan fingerprint density at radius 3 is 2.67 bits per heavy atom. The first kappa shape index (κ1) is 31.0. The van der Waals surface area contributed by atoms with E-state index in [2.05, 4.69) is 26.9 Å². The first-order chi connectivity index (χ1) is 20.1. The van der Waals surface area contributed by atoms with Crippen LogP contribution in [0.5, 0.6) is 0 Å². The molecule has 0 saturated carbocycles. The molecule has 8 N–H and O–H groups in total. The van der Waals surface area contributed by atoms with Gasteiger partial charge < -0.3 is 27.5 Å². The number of aromatic amines is 1. The van der Waals surface area contributed by atoms with E-state index in [-0.39, 0.29) is 23.1 Å². The maximum absolute atomic E-state index is 15.1. The molecule has 222 valence electrons. The minimum Gasteiger partial charge on any atom is -0.370 e. The first-order valence-electron chi connectivity index (χ1n) is 14.0. The number of aliphatic imine (C=N–C) groups is 1. The largest absolute Gasteiger partial charge is 0.370 e. The standard InChI is InChI=1S/C31H38ClFN8O/c1-3-5-23(38-30(35)36)12-13-37-17-20-8-10-24(11-9-20)41-18-22-16-27(39-29(22)40-31(41)42)25-14-21(7-4-6-19(2)34)15-26(32)28(25)33/h3,8-11,14-16,18-19,23,37H,1,4-7,12-13,17,34H2,2H3,(H4,35,36,38)(H,39,40,42)/t19-,23-/m0/s1. The second-order valence-corrected chi connectivity index (χ2v) is 11.0. The molecule has 2 atom stereocenters. The molecule has 2 aromatic heterocycles. The summed E-state index contributed by atoms with van der Waals surface area (Å²) in [5.41, 5.74) is 20.3. The molecule has 0 saturated heterocycles. The zero-order valence-corrected chi connectivity index (χ0v) is 24.5. The number of aryl methyl sites for hydroxylation is 1. The lowest BCUT2D eigenvalue weighted by molar-refractivity contribution is 0.566. The van der Waals surface area contributed by atoms with Crippen LogP contribution < -0.4 is 28.2 Å². The Morgan fingerprint density at radius 1 is 1.21 bits per heavy atom. The maximum atomic E-state index is 15.1. The van der Waals surface area contributed by atoms with Crippen LogP contribution in [0.1, 0.15) is 43.7 Å². The minimum atomic E-state index is -0.522. The van der Waals surface area contributed by atoms with E-state index in [1.165, 1.54) is 4.57 Å². The number of nitrogens with zero attached hydrogens (tertiary/aromatic N) is 3. The molecule has 42 heavy (non-hydrogen) atoms. The van der Waals surface area contributed by atoms with Gasteiger partial charge >= 0.3 is 5.69 Å². The molecule has 2 aromatic carbocycles. The van der Waals surface area contributed by atoms with Crippen molar-refractivity contribution in [3.63, 3.8) is 0 Å². The number of benzene rings is 2. The Bertz CT molecular complexity index is 1610. The zero-order chi connectivity index (χ0) is 30.2. The number of nitrogens with two attached hydrogens (primary N) is 3. The molecule has 0 amide bonds. The molecule has 0 unspecified atom stereocenters. The highest BCUT2D eigenvalue weighted by Crippen LogP contribution is 2.31. The lowest BCUT2D eigenvalue weighted by Crippen LogP contribution is -2.27. The predicted molar refractivity (Wildman–Crippen MR) is 169 cm³/mol. The van der Waals surface area contributed by atoms with Gasteiger partial charge in [-0.15, -0.1) is 6.58 Å². The van der Waals surface area contributed by atoms with E-state index >= 15 is 4.39 Å². The Labute approximate surface area is 249 Å². The van der Waals surface area contributed by atoms with Crippen molar-refractivity contribution < 1.29 is 4.39 Å². The van der Waals surface area contributed by atoms with Gasteiger partial charge in [-0.25, -0.2) is 14.2 Å². The molecule has 0 bridgehead atoms. The average molecular weight is 593 g/mol. The van der Waals surface area contributed by atoms with Crippen molar-refractivity contribution in [2.24, 2.45) is 22.2 Å². The summed E-state index contributed by atoms with van der Waals surface area (Å²) in [4.78, 5) is 24.4. The number of aromatic nitrogens is 3. The number of guanidine groups is 1. The molecule has 11 heteroatoms. The monoisotopic (exact) mass is 592 g/mol. The van der Waals surface area contributed by atoms with Crippen LogP contribution >= 0.6 is 11.6 Å². The highest BCUT2D eigenvalue weighted by molar-refractivity contribution is 6.31. The lowest BCUT2D eigenvalue weighted by atomic mass is 10.0. The molecule has 0 aliphatic heterocycles. The van der Waals surface area contributed by atoms with Gasteiger partial charge in [-0.1, -0.05) is 29.8 Å². The lowest BCUT2D eigenvalue weighted by Gasteiger charge is -2.12. The van der Waals surface area contributed by atoms with Gasteiger partial charge in [-0.2, -0.15) is 4.98 Å². The molecule has 0 aliphatic carbocycles. The third-order valence-corrected chi connectivity index (χ3v) is 7.25. The molecule has 0 radical (unpaired) electrons. The molecular formula is C31H38ClFN8O. The molecule has 9 nitrogen and oxygen atoms in total. The van der Waals surface area contributed by atoms with E-state index < -0.39 is 11.5 Å². The van der Waals surface area contributed by atoms with Crippen molar-refractivity contribution in [3.05, 3.63) is 93.8 Å². The number of fused-ring (bicyclic) bond motifs is 1. The number of halogens is 2. The summed E-state index contributed by atoms with van der Waals surface area (Å²) in [7, 11) is 0. The highest BCUT2D eigenvalue weighted by Gasteiger charge is 2.16. The minimum absolute atomic E-state index is 0.00621. The molecular weight excluding hydrogens is 555 g/mol. The van der Waals surface area contributed by atoms with Gasteiger partial charge in [0.1, 0.15) is 5.65 Å². The van der Waals surface area contributed by atoms with Crippen LogP contribution in [0.25, 0.3) is 28.0 Å². The van der Waals surface area contributed by atoms with Crippen molar-refractivity contribution in [3.8, 4) is 16.9 Å². The van der Waals surface area contributed by atoms with Crippen LogP contribution in [0, 0.1) is 5.82 Å². The quantitative estimate of drug-likeness (QED) is 0.0627. The van der Waals surface area contributed by atoms with Crippen molar-refractivity contribution in [1.82, 2.24) is 19.9 Å². The van der Waals surface area contributed by atoms with Crippen molar-refractivity contribution in [2.75, 3.05) is 6.54 Å². The van der Waals surface area contributed by atoms with Gasteiger partial charge in [0, 0.05) is 29.7 Å². The molecule has 0 spiro atoms. The van der Waals surface area contributed by atoms with Crippen LogP contribution in [0.15, 0.2) is 71.1 Å². The Kier molecular flexibility index (Phi) is 10.5. The normalized spacial score (nSPS) is 12.8. The number of hydrogen-bond acceptors (Lipinski definition) is 5. The summed E-state index contributed by atoms with van der Waals surface area (Å²) in [6.07, 6.45) is 7.45. The van der Waals surface area contributed by atoms with Gasteiger partial charge in [0.25, 0.3) is 0 Å². The van der Waals surface area contributed by atoms with Crippen LogP contribution in [0.2, 0.25) is 5.02 Å². The number of rotatable bonds is 14. The van der Waals surface area contributed by atoms with E-state index in [0.717, 1.165) is 43.4 Å². The van der Waals surface area contributed by atoms with Crippen molar-refractivity contribution >= 4 is 28.6 Å². The molecule has 0 fully saturated rings. The average Bonchev–Trinajstić information content (AvgIpc) is 3.35. The Morgan fingerprint density at radius 2 is 1.98 bits per heavy atom. The Balaban J connectivity index is 1.48. The second-order valence-electron chi connectivity index (χ2n) is 10.6. The fourth-order valence-corrected chi connectivity index (χ4v) is 5.09. The first-order valence-corrected chi connectivity index (χ1v) is 14.4. The third-order valence-electron chi connectivity index (χ3n) is 6.98. The zero-order valence-electron chi connectivity index (χ0n) is 23.7. The van der Waals surface area contributed by atoms with Gasteiger partial charge in [-0.05, 0) is 87.0 Å². The van der Waals surface area contributed by atoms with Crippen LogP contribution in [-0.4, -0.2) is 39.1 Å². The third kappa shape index (κ3) is 8.06. The van der Waals surface area contributed by atoms with E-state index in [4.69, 9.17) is 28.8 Å². The van der Waals surface area contributed by atoms with E-state index in [1.807, 2.05) is 31.2 Å². The second kappa shape index (κ2) is 14.3. The number of H-pyrrole nitrogens is 1. The van der Waals surface area contributed by atoms with Crippen LogP contribution in [-0.2, 0) is 13.0 Å². The summed E-state index contributed by atoms with van der Waals surface area (Å²) >= 11 is 6.23. The fourth-order valence-electron chi connectivity index (χ4n) is 4.85. The van der Waals surface area contributed by atoms with E-state index in [0.29, 0.717) is 40.9 Å². The van der Waals surface area contributed by atoms with Crippen LogP contribution in [0.4, 0.5) is 4.39 Å². The molecule has 2 heterocycles. The summed E-state index contributed by atoms with van der Waals surface area (Å²) in [5, 5.41) is 4.11. The number of hydrogen-bond donors (Lipinski definition) is 5. The van der Waals surface area contributed by atoms with Gasteiger partial charge in [0.05, 0.1) is 22.4 Å². The molecule has 4 aromatic rings. The summed E-state index contributed by atoms with van der Waals surface area (Å²) in [6.45, 7) is 7.09. The van der Waals surface area contributed by atoms with Gasteiger partial charge in [0.15, 0.2) is 11.8 Å². The van der Waals surface area contributed by atoms with Gasteiger partial charge in [-0.3, -0.25) is 4.57 Å². The molecule has 4 rings (SSSR count). The molecule has 0 aliphatic rings. The number of nitrogens with one attached hydrogen (secondary N) is 2. The summed E-state index contributed by atoms with van der Waals surface area (Å²) in [5.74, 6) is -0.447. The smallest absolute Gasteiger partial charge is 0.354 e.